The van der Waals surface area contributed by atoms with Crippen LogP contribution in [0.4, 0.5) is 10.1 Å². The summed E-state index contributed by atoms with van der Waals surface area (Å²) in [5.41, 5.74) is 0.966. The molecule has 1 fully saturated rings. The number of carbonyl (C=O) groups excluding carboxylic acids is 2. The fourth-order valence-corrected chi connectivity index (χ4v) is 5.10. The van der Waals surface area contributed by atoms with Gasteiger partial charge in [0.1, 0.15) is 18.4 Å². The quantitative estimate of drug-likeness (QED) is 0.511. The highest BCUT2D eigenvalue weighted by Gasteiger charge is 2.31. The SMILES string of the molecule is C[C@H](C(=O)NC1CCCC1)N(Cc1ccc(Br)cc1)C(=O)CN(c1ccc(F)cc1)S(C)(=O)=O. The van der Waals surface area contributed by atoms with Crippen LogP contribution < -0.4 is 9.62 Å². The van der Waals surface area contributed by atoms with Gasteiger partial charge in [-0.15, -0.1) is 0 Å². The Hall–Kier alpha value is -2.46. The Labute approximate surface area is 208 Å². The monoisotopic (exact) mass is 553 g/mol. The standard InChI is InChI=1S/C24H29BrFN3O4S/c1-17(24(31)27-21-5-3-4-6-21)28(15-18-7-9-19(25)10-8-18)23(30)16-29(34(2,32)33)22-13-11-20(26)12-14-22/h7-14,17,21H,3-6,15-16H2,1-2H3,(H,27,31)/t17-/m1/s1. The minimum atomic E-state index is -3.85. The maximum absolute atomic E-state index is 13.5. The second kappa shape index (κ2) is 11.3. The van der Waals surface area contributed by atoms with Gasteiger partial charge in [0.05, 0.1) is 11.9 Å². The van der Waals surface area contributed by atoms with Gasteiger partial charge in [-0.05, 0) is 61.7 Å². The first kappa shape index (κ1) is 26.2. The zero-order valence-corrected chi connectivity index (χ0v) is 21.6. The van der Waals surface area contributed by atoms with Crippen molar-refractivity contribution in [1.82, 2.24) is 10.2 Å². The van der Waals surface area contributed by atoms with Gasteiger partial charge < -0.3 is 10.2 Å². The normalized spacial score (nSPS) is 15.1. The van der Waals surface area contributed by atoms with E-state index in [1.165, 1.54) is 17.0 Å². The average molecular weight is 554 g/mol. The van der Waals surface area contributed by atoms with E-state index in [2.05, 4.69) is 21.2 Å². The van der Waals surface area contributed by atoms with Gasteiger partial charge in [0.2, 0.25) is 21.8 Å². The number of halogens is 2. The van der Waals surface area contributed by atoms with Gasteiger partial charge in [0, 0.05) is 17.1 Å². The number of carbonyl (C=O) groups is 2. The molecule has 2 aromatic rings. The summed E-state index contributed by atoms with van der Waals surface area (Å²) in [5.74, 6) is -1.32. The maximum atomic E-state index is 13.5. The molecule has 0 aliphatic heterocycles. The predicted molar refractivity (Wildman–Crippen MR) is 133 cm³/mol. The number of amides is 2. The van der Waals surface area contributed by atoms with Crippen molar-refractivity contribution in [2.45, 2.75) is 51.2 Å². The highest BCUT2D eigenvalue weighted by molar-refractivity contribution is 9.10. The molecule has 1 N–H and O–H groups in total. The molecule has 1 atom stereocenters. The third-order valence-corrected chi connectivity index (χ3v) is 7.60. The van der Waals surface area contributed by atoms with Crippen molar-refractivity contribution in [2.75, 3.05) is 17.1 Å². The van der Waals surface area contributed by atoms with E-state index in [-0.39, 0.29) is 24.2 Å². The van der Waals surface area contributed by atoms with Crippen LogP contribution in [0.15, 0.2) is 53.0 Å². The van der Waals surface area contributed by atoms with Crippen LogP contribution in [0.3, 0.4) is 0 Å². The number of sulfonamides is 1. The van der Waals surface area contributed by atoms with Crippen LogP contribution in [0, 0.1) is 5.82 Å². The van der Waals surface area contributed by atoms with Gasteiger partial charge in [-0.1, -0.05) is 40.9 Å². The van der Waals surface area contributed by atoms with E-state index in [1.807, 2.05) is 24.3 Å². The maximum Gasteiger partial charge on any atom is 0.244 e. The van der Waals surface area contributed by atoms with E-state index in [1.54, 1.807) is 6.92 Å². The molecule has 0 unspecified atom stereocenters. The van der Waals surface area contributed by atoms with Crippen LogP contribution in [-0.4, -0.2) is 50.0 Å². The third-order valence-electron chi connectivity index (χ3n) is 5.93. The van der Waals surface area contributed by atoms with E-state index in [0.29, 0.717) is 0 Å². The first-order valence-corrected chi connectivity index (χ1v) is 13.8. The van der Waals surface area contributed by atoms with Crippen molar-refractivity contribution < 1.29 is 22.4 Å². The van der Waals surface area contributed by atoms with Gasteiger partial charge in [-0.2, -0.15) is 0 Å². The predicted octanol–water partition coefficient (Wildman–Crippen LogP) is 3.83. The van der Waals surface area contributed by atoms with Gasteiger partial charge >= 0.3 is 0 Å². The van der Waals surface area contributed by atoms with Crippen LogP contribution in [0.25, 0.3) is 0 Å². The number of hydrogen-bond acceptors (Lipinski definition) is 4. The molecule has 0 spiro atoms. The smallest absolute Gasteiger partial charge is 0.244 e. The number of nitrogens with one attached hydrogen (secondary N) is 1. The minimum absolute atomic E-state index is 0.0892. The Morgan fingerprint density at radius 2 is 1.68 bits per heavy atom. The molecule has 7 nitrogen and oxygen atoms in total. The lowest BCUT2D eigenvalue weighted by molar-refractivity contribution is -0.139. The Bertz CT molecular complexity index is 1100. The second-order valence-corrected chi connectivity index (χ2v) is 11.4. The van der Waals surface area contributed by atoms with Crippen molar-refractivity contribution >= 4 is 43.5 Å². The molecule has 0 bridgehead atoms. The molecule has 2 aromatic carbocycles. The van der Waals surface area contributed by atoms with E-state index >= 15 is 0 Å². The summed E-state index contributed by atoms with van der Waals surface area (Å²) in [6.07, 6.45) is 4.92. The Balaban J connectivity index is 1.86. The summed E-state index contributed by atoms with van der Waals surface area (Å²) in [7, 11) is -3.85. The molecule has 0 aromatic heterocycles. The minimum Gasteiger partial charge on any atom is -0.352 e. The lowest BCUT2D eigenvalue weighted by Crippen LogP contribution is -2.52. The van der Waals surface area contributed by atoms with E-state index in [9.17, 15) is 22.4 Å². The molecule has 0 heterocycles. The highest BCUT2D eigenvalue weighted by Crippen LogP contribution is 2.21. The molecule has 184 valence electrons. The molecule has 3 rings (SSSR count). The molecular weight excluding hydrogens is 525 g/mol. The topological polar surface area (TPSA) is 86.8 Å². The van der Waals surface area contributed by atoms with Crippen LogP contribution >= 0.6 is 15.9 Å². The molecule has 2 amide bonds. The number of nitrogens with zero attached hydrogens (tertiary/aromatic N) is 2. The summed E-state index contributed by atoms with van der Waals surface area (Å²) in [5, 5.41) is 3.02. The average Bonchev–Trinajstić information content (AvgIpc) is 3.29. The number of hydrogen-bond donors (Lipinski definition) is 1. The molecular formula is C24H29BrFN3O4S. The zero-order chi connectivity index (χ0) is 24.9. The first-order valence-electron chi connectivity index (χ1n) is 11.1. The van der Waals surface area contributed by atoms with Crippen LogP contribution in [0.5, 0.6) is 0 Å². The fraction of sp³-hybridized carbons (Fsp3) is 0.417. The second-order valence-electron chi connectivity index (χ2n) is 8.56. The van der Waals surface area contributed by atoms with Crippen molar-refractivity contribution in [1.29, 1.82) is 0 Å². The summed E-state index contributed by atoms with van der Waals surface area (Å²) in [6.45, 7) is 1.26. The van der Waals surface area contributed by atoms with Crippen LogP contribution in [0.2, 0.25) is 0 Å². The molecule has 0 radical (unpaired) electrons. The van der Waals surface area contributed by atoms with Gasteiger partial charge in [-0.3, -0.25) is 13.9 Å². The molecule has 34 heavy (non-hydrogen) atoms. The Morgan fingerprint density at radius 3 is 2.24 bits per heavy atom. The van der Waals surface area contributed by atoms with Crippen LogP contribution in [-0.2, 0) is 26.2 Å². The van der Waals surface area contributed by atoms with Gasteiger partial charge in [-0.25, -0.2) is 12.8 Å². The Kier molecular flexibility index (Phi) is 8.70. The van der Waals surface area contributed by atoms with Crippen molar-refractivity contribution in [2.24, 2.45) is 0 Å². The number of rotatable bonds is 9. The summed E-state index contributed by atoms with van der Waals surface area (Å²) in [6, 6.07) is 11.5. The summed E-state index contributed by atoms with van der Waals surface area (Å²) >= 11 is 3.38. The lowest BCUT2D eigenvalue weighted by atomic mass is 10.1. The highest BCUT2D eigenvalue weighted by atomic mass is 79.9. The Morgan fingerprint density at radius 1 is 1.09 bits per heavy atom. The number of anilines is 1. The molecule has 0 saturated heterocycles. The number of benzene rings is 2. The van der Waals surface area contributed by atoms with Crippen molar-refractivity contribution in [3.63, 3.8) is 0 Å². The first-order chi connectivity index (χ1) is 16.0. The van der Waals surface area contributed by atoms with Crippen molar-refractivity contribution in [3.8, 4) is 0 Å². The van der Waals surface area contributed by atoms with E-state index in [4.69, 9.17) is 0 Å². The zero-order valence-electron chi connectivity index (χ0n) is 19.2. The van der Waals surface area contributed by atoms with Crippen LogP contribution in [0.1, 0.15) is 38.2 Å². The third kappa shape index (κ3) is 7.02. The summed E-state index contributed by atoms with van der Waals surface area (Å²) in [4.78, 5) is 27.8. The lowest BCUT2D eigenvalue weighted by Gasteiger charge is -2.32. The van der Waals surface area contributed by atoms with E-state index in [0.717, 1.165) is 58.4 Å². The molecule has 1 aliphatic carbocycles. The van der Waals surface area contributed by atoms with E-state index < -0.39 is 34.3 Å². The summed E-state index contributed by atoms with van der Waals surface area (Å²) < 4.78 is 40.1. The van der Waals surface area contributed by atoms with Gasteiger partial charge in [0.25, 0.3) is 0 Å². The van der Waals surface area contributed by atoms with Crippen molar-refractivity contribution in [3.05, 3.63) is 64.4 Å². The molecule has 10 heteroatoms. The molecule has 1 aliphatic rings. The molecule has 1 saturated carbocycles. The fourth-order valence-electron chi connectivity index (χ4n) is 3.98. The largest absolute Gasteiger partial charge is 0.352 e. The van der Waals surface area contributed by atoms with Gasteiger partial charge in [0.15, 0.2) is 0 Å².